The van der Waals surface area contributed by atoms with E-state index in [1.807, 2.05) is 11.7 Å². The smallest absolute Gasteiger partial charge is 0.0627 e. The minimum atomic E-state index is 0.494. The fourth-order valence-electron chi connectivity index (χ4n) is 3.53. The minimum Gasteiger partial charge on any atom is -0.314 e. The first-order chi connectivity index (χ1) is 9.35. The van der Waals surface area contributed by atoms with Crippen LogP contribution in [0.5, 0.6) is 0 Å². The third-order valence-corrected chi connectivity index (χ3v) is 4.70. The van der Waals surface area contributed by atoms with Gasteiger partial charge in [-0.3, -0.25) is 4.68 Å². The lowest BCUT2D eigenvalue weighted by atomic mass is 9.66. The number of aromatic nitrogens is 2. The van der Waals surface area contributed by atoms with Crippen LogP contribution in [0.4, 0.5) is 0 Å². The average Bonchev–Trinajstić information content (AvgIpc) is 2.72. The molecule has 0 aliphatic heterocycles. The fraction of sp³-hybridized carbons (Fsp3) is 0.824. The molecular formula is C17H31N3. The summed E-state index contributed by atoms with van der Waals surface area (Å²) in [6, 6.07) is 2.76. The first kappa shape index (κ1) is 15.6. The van der Waals surface area contributed by atoms with E-state index in [0.29, 0.717) is 11.5 Å². The van der Waals surface area contributed by atoms with E-state index < -0.39 is 0 Å². The highest BCUT2D eigenvalue weighted by Crippen LogP contribution is 2.42. The van der Waals surface area contributed by atoms with Crippen LogP contribution in [0, 0.1) is 17.3 Å². The van der Waals surface area contributed by atoms with E-state index in [0.717, 1.165) is 24.8 Å². The Kier molecular flexibility index (Phi) is 4.90. The van der Waals surface area contributed by atoms with Crippen molar-refractivity contribution in [2.45, 2.75) is 59.4 Å². The maximum atomic E-state index is 4.58. The second kappa shape index (κ2) is 6.30. The predicted molar refractivity (Wildman–Crippen MR) is 84.7 cm³/mol. The van der Waals surface area contributed by atoms with Crippen LogP contribution in [0.25, 0.3) is 0 Å². The molecule has 1 aromatic rings. The van der Waals surface area contributed by atoms with Crippen molar-refractivity contribution in [1.29, 1.82) is 0 Å². The van der Waals surface area contributed by atoms with Gasteiger partial charge in [-0.2, -0.15) is 5.10 Å². The van der Waals surface area contributed by atoms with Gasteiger partial charge in [-0.25, -0.2) is 0 Å². The molecule has 1 fully saturated rings. The van der Waals surface area contributed by atoms with Gasteiger partial charge in [-0.15, -0.1) is 0 Å². The van der Waals surface area contributed by atoms with Crippen LogP contribution in [0.2, 0.25) is 0 Å². The normalized spacial score (nSPS) is 26.1. The molecule has 0 aromatic carbocycles. The molecule has 0 spiro atoms. The molecule has 0 saturated heterocycles. The van der Waals surface area contributed by atoms with Gasteiger partial charge in [0.1, 0.15) is 0 Å². The molecule has 114 valence electrons. The van der Waals surface area contributed by atoms with E-state index in [9.17, 15) is 0 Å². The number of nitrogens with zero attached hydrogens (tertiary/aromatic N) is 2. The first-order valence-electron chi connectivity index (χ1n) is 8.07. The van der Waals surface area contributed by atoms with E-state index >= 15 is 0 Å². The number of rotatable bonds is 5. The van der Waals surface area contributed by atoms with Gasteiger partial charge in [-0.05, 0) is 55.5 Å². The van der Waals surface area contributed by atoms with Gasteiger partial charge in [0.15, 0.2) is 0 Å². The Morgan fingerprint density at radius 1 is 1.40 bits per heavy atom. The van der Waals surface area contributed by atoms with Crippen LogP contribution in [0.15, 0.2) is 12.3 Å². The topological polar surface area (TPSA) is 29.9 Å². The molecule has 0 amide bonds. The second-order valence-electron chi connectivity index (χ2n) is 7.67. The summed E-state index contributed by atoms with van der Waals surface area (Å²) in [5.41, 5.74) is 1.75. The van der Waals surface area contributed by atoms with Crippen molar-refractivity contribution in [2.24, 2.45) is 24.3 Å². The largest absolute Gasteiger partial charge is 0.314 e. The summed E-state index contributed by atoms with van der Waals surface area (Å²) in [5.74, 6) is 1.56. The average molecular weight is 277 g/mol. The molecule has 1 saturated carbocycles. The van der Waals surface area contributed by atoms with Gasteiger partial charge in [0, 0.05) is 19.3 Å². The molecule has 0 radical (unpaired) electrons. The summed E-state index contributed by atoms with van der Waals surface area (Å²) in [5, 5.41) is 8.22. The van der Waals surface area contributed by atoms with E-state index in [-0.39, 0.29) is 0 Å². The zero-order valence-corrected chi connectivity index (χ0v) is 13.8. The fourth-order valence-corrected chi connectivity index (χ4v) is 3.53. The van der Waals surface area contributed by atoms with Gasteiger partial charge in [-0.1, -0.05) is 27.7 Å². The van der Waals surface area contributed by atoms with Crippen molar-refractivity contribution in [3.63, 3.8) is 0 Å². The van der Waals surface area contributed by atoms with Gasteiger partial charge in [0.2, 0.25) is 0 Å². The van der Waals surface area contributed by atoms with E-state index in [4.69, 9.17) is 0 Å². The van der Waals surface area contributed by atoms with Crippen LogP contribution in [-0.2, 0) is 13.5 Å². The predicted octanol–water partition coefficient (Wildman–Crippen LogP) is 3.40. The molecule has 3 nitrogen and oxygen atoms in total. The van der Waals surface area contributed by atoms with Crippen LogP contribution in [-0.4, -0.2) is 22.4 Å². The van der Waals surface area contributed by atoms with E-state index in [2.05, 4.69) is 50.4 Å². The molecule has 2 unspecified atom stereocenters. The van der Waals surface area contributed by atoms with Gasteiger partial charge in [0.25, 0.3) is 0 Å². The summed E-state index contributed by atoms with van der Waals surface area (Å²) >= 11 is 0. The number of aryl methyl sites for hydroxylation is 1. The quantitative estimate of drug-likeness (QED) is 0.894. The van der Waals surface area contributed by atoms with Crippen molar-refractivity contribution in [3.05, 3.63) is 18.0 Å². The second-order valence-corrected chi connectivity index (χ2v) is 7.67. The van der Waals surface area contributed by atoms with Crippen LogP contribution >= 0.6 is 0 Å². The van der Waals surface area contributed by atoms with Crippen molar-refractivity contribution in [1.82, 2.24) is 15.1 Å². The Balaban J connectivity index is 2.01. The van der Waals surface area contributed by atoms with Crippen molar-refractivity contribution >= 4 is 0 Å². The van der Waals surface area contributed by atoms with Crippen molar-refractivity contribution in [3.8, 4) is 0 Å². The van der Waals surface area contributed by atoms with E-state index in [1.165, 1.54) is 25.0 Å². The maximum absolute atomic E-state index is 4.58. The minimum absolute atomic E-state index is 0.494. The summed E-state index contributed by atoms with van der Waals surface area (Å²) in [7, 11) is 2.01. The van der Waals surface area contributed by atoms with E-state index in [1.54, 1.807) is 0 Å². The highest BCUT2D eigenvalue weighted by Gasteiger charge is 2.34. The highest BCUT2D eigenvalue weighted by atomic mass is 15.2. The molecular weight excluding hydrogens is 246 g/mol. The zero-order chi connectivity index (χ0) is 14.8. The van der Waals surface area contributed by atoms with Crippen molar-refractivity contribution < 1.29 is 0 Å². The molecule has 1 heterocycles. The van der Waals surface area contributed by atoms with Crippen molar-refractivity contribution in [2.75, 3.05) is 6.54 Å². The van der Waals surface area contributed by atoms with Crippen LogP contribution in [0.1, 0.15) is 52.7 Å². The maximum Gasteiger partial charge on any atom is 0.0627 e. The van der Waals surface area contributed by atoms with Gasteiger partial charge < -0.3 is 5.32 Å². The zero-order valence-electron chi connectivity index (χ0n) is 13.8. The number of hydrogen-bond donors (Lipinski definition) is 1. The molecule has 1 N–H and O–H groups in total. The molecule has 2 atom stereocenters. The Bertz CT molecular complexity index is 418. The Morgan fingerprint density at radius 3 is 2.75 bits per heavy atom. The summed E-state index contributed by atoms with van der Waals surface area (Å²) in [6.45, 7) is 10.5. The molecule has 1 aliphatic carbocycles. The highest BCUT2D eigenvalue weighted by molar-refractivity contribution is 5.02. The lowest BCUT2D eigenvalue weighted by Gasteiger charge is -2.41. The summed E-state index contributed by atoms with van der Waals surface area (Å²) in [4.78, 5) is 0. The molecule has 2 rings (SSSR count). The lowest BCUT2D eigenvalue weighted by Crippen LogP contribution is -2.38. The summed E-state index contributed by atoms with van der Waals surface area (Å²) < 4.78 is 1.92. The molecule has 1 aromatic heterocycles. The molecule has 20 heavy (non-hydrogen) atoms. The first-order valence-corrected chi connectivity index (χ1v) is 8.07. The third kappa shape index (κ3) is 4.34. The number of hydrogen-bond acceptors (Lipinski definition) is 2. The number of nitrogens with one attached hydrogen (secondary N) is 1. The Labute approximate surface area is 124 Å². The standard InChI is InChI=1S/C17H31N3/c1-13(2)18-12-14-6-8-17(3,4)11-15(14)10-16-7-9-20(5)19-16/h7,9,13-15,18H,6,8,10-12H2,1-5H3. The van der Waals surface area contributed by atoms with Crippen LogP contribution < -0.4 is 5.32 Å². The Hall–Kier alpha value is -0.830. The third-order valence-electron chi connectivity index (χ3n) is 4.70. The Morgan fingerprint density at radius 2 is 2.15 bits per heavy atom. The SMILES string of the molecule is CC(C)NCC1CCC(C)(C)CC1Cc1ccn(C)n1. The molecule has 3 heteroatoms. The molecule has 0 bridgehead atoms. The van der Waals surface area contributed by atoms with Gasteiger partial charge in [0.05, 0.1) is 5.69 Å². The molecule has 1 aliphatic rings. The van der Waals surface area contributed by atoms with Crippen LogP contribution in [0.3, 0.4) is 0 Å². The monoisotopic (exact) mass is 277 g/mol. The summed E-state index contributed by atoms with van der Waals surface area (Å²) in [6.07, 6.45) is 7.23. The van der Waals surface area contributed by atoms with Gasteiger partial charge >= 0.3 is 0 Å². The lowest BCUT2D eigenvalue weighted by molar-refractivity contribution is 0.114.